The SMILES string of the molecule is CC(C)(C)CC(C)(C)c1cc(CCC2(C)C=CC=CC2)c(O)c(-n2nc3ccccc3n2)c1. The Balaban J connectivity index is 1.78. The Morgan fingerprint density at radius 2 is 1.67 bits per heavy atom. The molecule has 1 unspecified atom stereocenters. The van der Waals surface area contributed by atoms with Crippen molar-refractivity contribution in [3.63, 3.8) is 0 Å². The molecule has 1 aromatic heterocycles. The highest BCUT2D eigenvalue weighted by Gasteiger charge is 2.30. The summed E-state index contributed by atoms with van der Waals surface area (Å²) in [6, 6.07) is 12.1. The van der Waals surface area contributed by atoms with Crippen LogP contribution >= 0.6 is 0 Å². The van der Waals surface area contributed by atoms with E-state index in [-0.39, 0.29) is 22.0 Å². The molecule has 1 N–H and O–H groups in total. The van der Waals surface area contributed by atoms with Crippen LogP contribution in [0.25, 0.3) is 16.7 Å². The van der Waals surface area contributed by atoms with Gasteiger partial charge in [0.05, 0.1) is 0 Å². The summed E-state index contributed by atoms with van der Waals surface area (Å²) in [5, 5.41) is 20.7. The van der Waals surface area contributed by atoms with Crippen molar-refractivity contribution >= 4 is 11.0 Å². The van der Waals surface area contributed by atoms with E-state index in [9.17, 15) is 5.11 Å². The van der Waals surface area contributed by atoms with Crippen molar-refractivity contribution in [3.05, 3.63) is 71.8 Å². The van der Waals surface area contributed by atoms with Crippen molar-refractivity contribution in [2.24, 2.45) is 10.8 Å². The number of hydrogen-bond acceptors (Lipinski definition) is 3. The van der Waals surface area contributed by atoms with E-state index in [4.69, 9.17) is 0 Å². The average molecular weight is 444 g/mol. The number of fused-ring (bicyclic) bond motifs is 1. The van der Waals surface area contributed by atoms with Gasteiger partial charge in [-0.2, -0.15) is 0 Å². The van der Waals surface area contributed by atoms with Crippen LogP contribution in [0.1, 0.15) is 71.9 Å². The summed E-state index contributed by atoms with van der Waals surface area (Å²) in [5.74, 6) is 0.282. The number of aryl methyl sites for hydroxylation is 1. The molecule has 4 heteroatoms. The third kappa shape index (κ3) is 5.21. The van der Waals surface area contributed by atoms with Crippen LogP contribution in [0, 0.1) is 10.8 Å². The zero-order valence-corrected chi connectivity index (χ0v) is 20.9. The van der Waals surface area contributed by atoms with Gasteiger partial charge < -0.3 is 5.11 Å². The van der Waals surface area contributed by atoms with E-state index in [0.29, 0.717) is 5.69 Å². The quantitative estimate of drug-likeness (QED) is 0.435. The first-order chi connectivity index (χ1) is 15.5. The third-order valence-corrected chi connectivity index (χ3v) is 6.72. The zero-order valence-electron chi connectivity index (χ0n) is 20.9. The van der Waals surface area contributed by atoms with Gasteiger partial charge in [-0.1, -0.05) is 84.0 Å². The van der Waals surface area contributed by atoms with Crippen molar-refractivity contribution in [2.45, 2.75) is 72.6 Å². The fourth-order valence-electron chi connectivity index (χ4n) is 5.18. The van der Waals surface area contributed by atoms with Gasteiger partial charge in [0.15, 0.2) is 0 Å². The molecule has 33 heavy (non-hydrogen) atoms. The minimum Gasteiger partial charge on any atom is -0.505 e. The van der Waals surface area contributed by atoms with Crippen LogP contribution in [-0.2, 0) is 11.8 Å². The molecule has 1 aliphatic carbocycles. The number of phenols is 1. The molecule has 1 aliphatic rings. The molecule has 0 aliphatic heterocycles. The van der Waals surface area contributed by atoms with Gasteiger partial charge in [-0.05, 0) is 71.3 Å². The molecule has 0 spiro atoms. The minimum atomic E-state index is -0.0561. The van der Waals surface area contributed by atoms with E-state index < -0.39 is 0 Å². The monoisotopic (exact) mass is 443 g/mol. The molecule has 1 heterocycles. The predicted octanol–water partition coefficient (Wildman–Crippen LogP) is 7.29. The number of hydrogen-bond donors (Lipinski definition) is 1. The van der Waals surface area contributed by atoms with Crippen molar-refractivity contribution in [1.29, 1.82) is 0 Å². The Morgan fingerprint density at radius 3 is 2.24 bits per heavy atom. The fraction of sp³-hybridized carbons (Fsp3) is 0.448. The van der Waals surface area contributed by atoms with E-state index in [1.807, 2.05) is 24.3 Å². The van der Waals surface area contributed by atoms with Crippen LogP contribution in [0.5, 0.6) is 5.75 Å². The highest BCUT2D eigenvalue weighted by atomic mass is 16.3. The molecular weight excluding hydrogens is 406 g/mol. The summed E-state index contributed by atoms with van der Waals surface area (Å²) >= 11 is 0. The number of benzene rings is 2. The van der Waals surface area contributed by atoms with Gasteiger partial charge in [0.25, 0.3) is 0 Å². The summed E-state index contributed by atoms with van der Waals surface area (Å²) in [6.45, 7) is 13.7. The fourth-order valence-corrected chi connectivity index (χ4v) is 5.18. The lowest BCUT2D eigenvalue weighted by Gasteiger charge is -2.34. The first-order valence-corrected chi connectivity index (χ1v) is 12.0. The Bertz CT molecular complexity index is 1180. The van der Waals surface area contributed by atoms with E-state index in [1.165, 1.54) is 5.56 Å². The van der Waals surface area contributed by atoms with Gasteiger partial charge >= 0.3 is 0 Å². The second kappa shape index (κ2) is 8.48. The predicted molar refractivity (Wildman–Crippen MR) is 137 cm³/mol. The van der Waals surface area contributed by atoms with Crippen LogP contribution in [0.15, 0.2) is 60.7 Å². The highest BCUT2D eigenvalue weighted by molar-refractivity contribution is 5.73. The van der Waals surface area contributed by atoms with Crippen LogP contribution in [0.3, 0.4) is 0 Å². The standard InChI is InChI=1S/C29H37N3O/c1-27(2,3)20-28(4,5)22-18-21(14-17-29(6)15-10-7-11-16-29)26(33)25(19-22)32-30-23-12-8-9-13-24(23)31-32/h7-13,15,18-19,33H,14,16-17,20H2,1-6H3. The maximum Gasteiger partial charge on any atom is 0.146 e. The molecule has 2 aromatic carbocycles. The molecule has 0 bridgehead atoms. The Kier molecular flexibility index (Phi) is 5.98. The van der Waals surface area contributed by atoms with E-state index in [2.05, 4.69) is 88.2 Å². The number of allylic oxidation sites excluding steroid dienone is 4. The number of aromatic hydroxyl groups is 1. The Hall–Kier alpha value is -2.88. The number of rotatable bonds is 6. The van der Waals surface area contributed by atoms with Gasteiger partial charge in [-0.3, -0.25) is 0 Å². The molecule has 4 nitrogen and oxygen atoms in total. The Labute approximate surface area is 198 Å². The smallest absolute Gasteiger partial charge is 0.146 e. The lowest BCUT2D eigenvalue weighted by Crippen LogP contribution is -2.25. The summed E-state index contributed by atoms with van der Waals surface area (Å²) in [6.07, 6.45) is 12.6. The normalized spacial score (nSPS) is 18.8. The molecule has 4 rings (SSSR count). The topological polar surface area (TPSA) is 50.9 Å². The average Bonchev–Trinajstić information content (AvgIpc) is 3.15. The molecule has 3 aromatic rings. The Morgan fingerprint density at radius 1 is 1.00 bits per heavy atom. The first kappa shape index (κ1) is 23.3. The third-order valence-electron chi connectivity index (χ3n) is 6.72. The maximum absolute atomic E-state index is 11.4. The summed E-state index contributed by atoms with van der Waals surface area (Å²) < 4.78 is 0. The number of aromatic nitrogens is 3. The van der Waals surface area contributed by atoms with E-state index >= 15 is 0 Å². The zero-order chi connectivity index (χ0) is 23.9. The molecular formula is C29H37N3O. The molecule has 0 radical (unpaired) electrons. The number of nitrogens with zero attached hydrogens (tertiary/aromatic N) is 3. The van der Waals surface area contributed by atoms with Gasteiger partial charge in [-0.15, -0.1) is 15.0 Å². The van der Waals surface area contributed by atoms with Crippen LogP contribution in [-0.4, -0.2) is 20.1 Å². The number of phenolic OH excluding ortho intramolecular Hbond substituents is 1. The van der Waals surface area contributed by atoms with Crippen molar-refractivity contribution < 1.29 is 5.11 Å². The molecule has 1 atom stereocenters. The minimum absolute atomic E-state index is 0.0561. The van der Waals surface area contributed by atoms with Gasteiger partial charge in [0, 0.05) is 0 Å². The lowest BCUT2D eigenvalue weighted by molar-refractivity contribution is 0.283. The van der Waals surface area contributed by atoms with Crippen molar-refractivity contribution in [1.82, 2.24) is 15.0 Å². The molecule has 0 fully saturated rings. The second-order valence-electron chi connectivity index (χ2n) is 11.7. The van der Waals surface area contributed by atoms with Crippen LogP contribution in [0.4, 0.5) is 0 Å². The molecule has 0 saturated carbocycles. The first-order valence-electron chi connectivity index (χ1n) is 12.0. The molecule has 174 valence electrons. The highest BCUT2D eigenvalue weighted by Crippen LogP contribution is 2.41. The van der Waals surface area contributed by atoms with E-state index in [0.717, 1.165) is 42.3 Å². The van der Waals surface area contributed by atoms with E-state index in [1.54, 1.807) is 4.80 Å². The van der Waals surface area contributed by atoms with Gasteiger partial charge in [-0.25, -0.2) is 0 Å². The van der Waals surface area contributed by atoms with Crippen molar-refractivity contribution in [2.75, 3.05) is 0 Å². The largest absolute Gasteiger partial charge is 0.505 e. The molecule has 0 saturated heterocycles. The van der Waals surface area contributed by atoms with Crippen LogP contribution in [0.2, 0.25) is 0 Å². The second-order valence-corrected chi connectivity index (χ2v) is 11.7. The van der Waals surface area contributed by atoms with Crippen molar-refractivity contribution in [3.8, 4) is 11.4 Å². The summed E-state index contributed by atoms with van der Waals surface area (Å²) in [4.78, 5) is 1.60. The lowest BCUT2D eigenvalue weighted by atomic mass is 9.71. The van der Waals surface area contributed by atoms with Gasteiger partial charge in [0.2, 0.25) is 0 Å². The molecule has 0 amide bonds. The van der Waals surface area contributed by atoms with Crippen LogP contribution < -0.4 is 0 Å². The summed E-state index contributed by atoms with van der Waals surface area (Å²) in [5.41, 5.74) is 4.73. The summed E-state index contributed by atoms with van der Waals surface area (Å²) in [7, 11) is 0. The maximum atomic E-state index is 11.4. The van der Waals surface area contributed by atoms with Gasteiger partial charge in [0.1, 0.15) is 22.5 Å².